The molecule has 0 radical (unpaired) electrons. The smallest absolute Gasteiger partial charge is 0.325 e. The van der Waals surface area contributed by atoms with Crippen LogP contribution in [-0.2, 0) is 11.3 Å². The van der Waals surface area contributed by atoms with Crippen LogP contribution < -0.4 is 5.56 Å². The van der Waals surface area contributed by atoms with Gasteiger partial charge in [0.2, 0.25) is 0 Å². The molecule has 2 N–H and O–H groups in total. The van der Waals surface area contributed by atoms with Crippen LogP contribution in [0.3, 0.4) is 0 Å². The Morgan fingerprint density at radius 3 is 2.85 bits per heavy atom. The number of hydrogen-bond donors (Lipinski definition) is 2. The molecule has 0 spiro atoms. The van der Waals surface area contributed by atoms with Gasteiger partial charge in [0.15, 0.2) is 10.9 Å². The molecule has 1 aromatic heterocycles. The molecule has 0 aliphatic rings. The van der Waals surface area contributed by atoms with Crippen molar-refractivity contribution in [1.29, 1.82) is 0 Å². The van der Waals surface area contributed by atoms with E-state index in [1.807, 2.05) is 0 Å². The molecular formula is C6H5ClN2O4. The van der Waals surface area contributed by atoms with Crippen molar-refractivity contribution in [2.45, 2.75) is 6.54 Å². The zero-order valence-electron chi connectivity index (χ0n) is 6.27. The molecule has 0 saturated heterocycles. The van der Waals surface area contributed by atoms with Crippen LogP contribution in [0, 0.1) is 0 Å². The van der Waals surface area contributed by atoms with Gasteiger partial charge in [-0.1, -0.05) is 11.6 Å². The minimum Gasteiger partial charge on any atom is -0.505 e. The summed E-state index contributed by atoms with van der Waals surface area (Å²) in [6, 6.07) is 0.804. The molecule has 0 aliphatic carbocycles. The first kappa shape index (κ1) is 9.53. The molecular weight excluding hydrogens is 200 g/mol. The summed E-state index contributed by atoms with van der Waals surface area (Å²) in [6.45, 7) is -0.584. The average molecular weight is 205 g/mol. The van der Waals surface area contributed by atoms with Crippen molar-refractivity contribution >= 4 is 17.6 Å². The van der Waals surface area contributed by atoms with E-state index in [1.54, 1.807) is 0 Å². The van der Waals surface area contributed by atoms with Gasteiger partial charge < -0.3 is 10.2 Å². The van der Waals surface area contributed by atoms with E-state index in [4.69, 9.17) is 21.8 Å². The second-order valence-corrected chi connectivity index (χ2v) is 2.57. The number of aromatic nitrogens is 2. The van der Waals surface area contributed by atoms with Crippen molar-refractivity contribution in [3.8, 4) is 5.75 Å². The number of aliphatic carboxylic acids is 1. The number of carboxylic acid groups (broad SMARTS) is 1. The van der Waals surface area contributed by atoms with Gasteiger partial charge in [-0.05, 0) is 0 Å². The van der Waals surface area contributed by atoms with E-state index in [0.29, 0.717) is 4.68 Å². The second kappa shape index (κ2) is 3.44. The molecule has 7 heteroatoms. The molecule has 1 heterocycles. The number of carbonyl (C=O) groups is 1. The van der Waals surface area contributed by atoms with E-state index in [2.05, 4.69) is 5.10 Å². The van der Waals surface area contributed by atoms with Crippen LogP contribution >= 0.6 is 11.6 Å². The van der Waals surface area contributed by atoms with Gasteiger partial charge in [0, 0.05) is 0 Å². The number of hydrogen-bond acceptors (Lipinski definition) is 4. The van der Waals surface area contributed by atoms with Crippen molar-refractivity contribution in [2.75, 3.05) is 0 Å². The lowest BCUT2D eigenvalue weighted by molar-refractivity contribution is -0.138. The molecule has 0 amide bonds. The molecule has 0 aliphatic heterocycles. The zero-order valence-corrected chi connectivity index (χ0v) is 7.02. The first-order valence-corrected chi connectivity index (χ1v) is 3.57. The van der Waals surface area contributed by atoms with Gasteiger partial charge in [-0.25, -0.2) is 4.68 Å². The number of carboxylic acids is 1. The molecule has 1 aromatic rings. The number of halogens is 1. The molecule has 0 bridgehead atoms. The van der Waals surface area contributed by atoms with Gasteiger partial charge in [0.25, 0.3) is 5.56 Å². The normalized spacial score (nSPS) is 9.92. The molecule has 1 rings (SSSR count). The minimum absolute atomic E-state index is 0.305. The largest absolute Gasteiger partial charge is 0.505 e. The van der Waals surface area contributed by atoms with Crippen LogP contribution in [0.5, 0.6) is 5.75 Å². The Hall–Kier alpha value is -1.56. The summed E-state index contributed by atoms with van der Waals surface area (Å²) in [7, 11) is 0. The van der Waals surface area contributed by atoms with Crippen LogP contribution in [0.25, 0.3) is 0 Å². The maximum atomic E-state index is 10.9. The Morgan fingerprint density at radius 1 is 1.69 bits per heavy atom. The first-order chi connectivity index (χ1) is 6.00. The van der Waals surface area contributed by atoms with Gasteiger partial charge in [-0.15, -0.1) is 0 Å². The predicted molar refractivity (Wildman–Crippen MR) is 42.8 cm³/mol. The number of nitrogens with zero attached hydrogens (tertiary/aromatic N) is 2. The summed E-state index contributed by atoms with van der Waals surface area (Å²) in [5.74, 6) is -1.68. The highest BCUT2D eigenvalue weighted by Gasteiger charge is 2.07. The van der Waals surface area contributed by atoms with Crippen LogP contribution in [-0.4, -0.2) is 26.0 Å². The molecule has 0 aromatic carbocycles. The summed E-state index contributed by atoms with van der Waals surface area (Å²) >= 11 is 5.36. The van der Waals surface area contributed by atoms with Crippen LogP contribution in [0.1, 0.15) is 0 Å². The lowest BCUT2D eigenvalue weighted by atomic mass is 10.5. The van der Waals surface area contributed by atoms with Gasteiger partial charge in [-0.3, -0.25) is 9.59 Å². The molecule has 70 valence electrons. The molecule has 0 atom stereocenters. The fourth-order valence-corrected chi connectivity index (χ4v) is 0.845. The Kier molecular flexibility index (Phi) is 2.52. The Labute approximate surface area is 77.0 Å². The van der Waals surface area contributed by atoms with E-state index in [1.165, 1.54) is 0 Å². The second-order valence-electron chi connectivity index (χ2n) is 2.21. The third kappa shape index (κ3) is 2.19. The summed E-state index contributed by atoms with van der Waals surface area (Å²) in [5.41, 5.74) is -0.718. The highest BCUT2D eigenvalue weighted by molar-refractivity contribution is 6.30. The Morgan fingerprint density at radius 2 is 2.31 bits per heavy atom. The maximum absolute atomic E-state index is 10.9. The van der Waals surface area contributed by atoms with Crippen molar-refractivity contribution in [3.63, 3.8) is 0 Å². The first-order valence-electron chi connectivity index (χ1n) is 3.19. The van der Waals surface area contributed by atoms with E-state index < -0.39 is 23.8 Å². The standard InChI is InChI=1S/C6H5ClN2O4/c7-6-3(10)1-4(11)9(8-6)2-5(12)13/h1,10H,2H2,(H,12,13). The quantitative estimate of drug-likeness (QED) is 0.689. The predicted octanol–water partition coefficient (Wildman–Crippen LogP) is -0.313. The SMILES string of the molecule is O=C(O)Cn1nc(Cl)c(O)cc1=O. The Balaban J connectivity index is 3.16. The maximum Gasteiger partial charge on any atom is 0.325 e. The summed E-state index contributed by atoms with van der Waals surface area (Å²) in [4.78, 5) is 21.2. The lowest BCUT2D eigenvalue weighted by Gasteiger charge is -2.01. The van der Waals surface area contributed by atoms with Gasteiger partial charge in [0.05, 0.1) is 6.07 Å². The molecule has 6 nitrogen and oxygen atoms in total. The molecule has 13 heavy (non-hydrogen) atoms. The van der Waals surface area contributed by atoms with E-state index in [-0.39, 0.29) is 5.15 Å². The van der Waals surface area contributed by atoms with Gasteiger partial charge >= 0.3 is 5.97 Å². The topological polar surface area (TPSA) is 92.4 Å². The van der Waals surface area contributed by atoms with Crippen molar-refractivity contribution in [1.82, 2.24) is 9.78 Å². The van der Waals surface area contributed by atoms with Crippen molar-refractivity contribution in [3.05, 3.63) is 21.6 Å². The summed E-state index contributed by atoms with van der Waals surface area (Å²) < 4.78 is 0.643. The van der Waals surface area contributed by atoms with Gasteiger partial charge in [0.1, 0.15) is 6.54 Å². The highest BCUT2D eigenvalue weighted by Crippen LogP contribution is 2.15. The third-order valence-corrected chi connectivity index (χ3v) is 1.49. The fraction of sp³-hybridized carbons (Fsp3) is 0.167. The fourth-order valence-electron chi connectivity index (χ4n) is 0.699. The molecule has 0 fully saturated rings. The van der Waals surface area contributed by atoms with Crippen molar-refractivity contribution < 1.29 is 15.0 Å². The molecule has 0 saturated carbocycles. The van der Waals surface area contributed by atoms with E-state index in [9.17, 15) is 9.59 Å². The van der Waals surface area contributed by atoms with Crippen LogP contribution in [0.15, 0.2) is 10.9 Å². The summed E-state index contributed by atoms with van der Waals surface area (Å²) in [5, 5.41) is 20.3. The zero-order chi connectivity index (χ0) is 10.0. The number of aromatic hydroxyl groups is 1. The monoisotopic (exact) mass is 204 g/mol. The van der Waals surface area contributed by atoms with Gasteiger partial charge in [-0.2, -0.15) is 5.10 Å². The average Bonchev–Trinajstić information content (AvgIpc) is 1.99. The van der Waals surface area contributed by atoms with E-state index in [0.717, 1.165) is 6.07 Å². The van der Waals surface area contributed by atoms with Crippen LogP contribution in [0.4, 0.5) is 0 Å². The Bertz CT molecular complexity index is 400. The van der Waals surface area contributed by atoms with Crippen LogP contribution in [0.2, 0.25) is 5.15 Å². The highest BCUT2D eigenvalue weighted by atomic mass is 35.5. The van der Waals surface area contributed by atoms with E-state index >= 15 is 0 Å². The van der Waals surface area contributed by atoms with Crippen molar-refractivity contribution in [2.24, 2.45) is 0 Å². The molecule has 0 unspecified atom stereocenters. The summed E-state index contributed by atoms with van der Waals surface area (Å²) in [6.07, 6.45) is 0. The minimum atomic E-state index is -1.21. The third-order valence-electron chi connectivity index (χ3n) is 1.22. The lowest BCUT2D eigenvalue weighted by Crippen LogP contribution is -2.25. The number of rotatable bonds is 2.